The smallest absolute Gasteiger partial charge is 0.123 e. The molecule has 0 spiro atoms. The maximum absolute atomic E-state index is 8.89. The van der Waals surface area contributed by atoms with Crippen LogP contribution in [0.5, 0.6) is 0 Å². The summed E-state index contributed by atoms with van der Waals surface area (Å²) in [5.41, 5.74) is 2.35. The van der Waals surface area contributed by atoms with Crippen molar-refractivity contribution in [1.82, 2.24) is 0 Å². The lowest BCUT2D eigenvalue weighted by molar-refractivity contribution is 0.282. The molecule has 1 aromatic carbocycles. The van der Waals surface area contributed by atoms with Crippen LogP contribution in [-0.4, -0.2) is 16.6 Å². The van der Waals surface area contributed by atoms with Crippen LogP contribution in [0.15, 0.2) is 36.9 Å². The van der Waals surface area contributed by atoms with Crippen molar-refractivity contribution in [3.8, 4) is 0 Å². The van der Waals surface area contributed by atoms with Gasteiger partial charge in [0.25, 0.3) is 0 Å². The molecule has 0 atom stereocenters. The zero-order valence-corrected chi connectivity index (χ0v) is 9.92. The molecule has 0 saturated heterocycles. The highest BCUT2D eigenvalue weighted by Crippen LogP contribution is 2.06. The number of rotatable bonds is 7. The van der Waals surface area contributed by atoms with Crippen molar-refractivity contribution in [3.05, 3.63) is 48.0 Å². The van der Waals surface area contributed by atoms with Gasteiger partial charge in [-0.2, -0.15) is 0 Å². The molecule has 0 bridgehead atoms. The summed E-state index contributed by atoms with van der Waals surface area (Å²) in [6.07, 6.45) is 4.33. The van der Waals surface area contributed by atoms with Gasteiger partial charge in [-0.25, -0.2) is 0 Å². The number of hydrogen-bond donors (Lipinski definition) is 1. The van der Waals surface area contributed by atoms with Crippen LogP contribution >= 0.6 is 0 Å². The lowest BCUT2D eigenvalue weighted by atomic mass is 10.1. The molecule has 0 saturated carbocycles. The van der Waals surface area contributed by atoms with E-state index >= 15 is 0 Å². The van der Waals surface area contributed by atoms with Crippen LogP contribution in [0.2, 0.25) is 0 Å². The highest BCUT2D eigenvalue weighted by Gasteiger charge is 1.97. The maximum atomic E-state index is 8.89. The summed E-state index contributed by atoms with van der Waals surface area (Å²) < 4.78 is 0. The van der Waals surface area contributed by atoms with Crippen LogP contribution in [-0.2, 0) is 24.8 Å². The molecule has 82 valence electrons. The third kappa shape index (κ3) is 5.05. The zero-order valence-electron chi connectivity index (χ0n) is 9.02. The Bertz CT molecular complexity index is 279. The van der Waals surface area contributed by atoms with E-state index in [2.05, 4.69) is 18.7 Å². The predicted octanol–water partition coefficient (Wildman–Crippen LogP) is 2.11. The normalized spacial score (nSPS) is 10.2. The lowest BCUT2D eigenvalue weighted by Gasteiger charge is -2.00. The molecule has 1 N–H and O–H groups in total. The Morgan fingerprint density at radius 3 is 2.47 bits per heavy atom. The van der Waals surface area contributed by atoms with Crippen molar-refractivity contribution in [3.63, 3.8) is 0 Å². The van der Waals surface area contributed by atoms with Gasteiger partial charge in [-0.15, -0.1) is 0 Å². The number of benzene rings is 1. The number of aliphatic hydroxyl groups is 1. The van der Waals surface area contributed by atoms with Gasteiger partial charge >= 0.3 is 0 Å². The van der Waals surface area contributed by atoms with E-state index in [0.717, 1.165) is 17.7 Å². The Kier molecular flexibility index (Phi) is 6.21. The Hall–Kier alpha value is -0.730. The second kappa shape index (κ2) is 7.55. The first-order chi connectivity index (χ1) is 7.36. The number of aryl methyl sites for hydroxylation is 1. The molecule has 0 radical (unpaired) electrons. The van der Waals surface area contributed by atoms with Crippen molar-refractivity contribution >= 4 is 11.8 Å². The van der Waals surface area contributed by atoms with Gasteiger partial charge in [0, 0.05) is 0 Å². The summed E-state index contributed by atoms with van der Waals surface area (Å²) in [6, 6.07) is 8.21. The van der Waals surface area contributed by atoms with E-state index < -0.39 is 0 Å². The molecule has 0 aromatic heterocycles. The summed E-state index contributed by atoms with van der Waals surface area (Å²) in [6.45, 7) is 3.84. The SMILES string of the molecule is C=CC[SH+]CCCc1ccc(CO)cc1. The van der Waals surface area contributed by atoms with Gasteiger partial charge in [-0.1, -0.05) is 30.8 Å². The Morgan fingerprint density at radius 1 is 1.20 bits per heavy atom. The van der Waals surface area contributed by atoms with Crippen LogP contribution in [0.25, 0.3) is 0 Å². The minimum atomic E-state index is 0.137. The van der Waals surface area contributed by atoms with Gasteiger partial charge in [0.2, 0.25) is 0 Å². The maximum Gasteiger partial charge on any atom is 0.123 e. The molecule has 0 amide bonds. The summed E-state index contributed by atoms with van der Waals surface area (Å²) >= 11 is 1.47. The van der Waals surface area contributed by atoms with Gasteiger partial charge in [0.05, 0.1) is 6.61 Å². The molecule has 1 aromatic rings. The van der Waals surface area contributed by atoms with Crippen LogP contribution in [0, 0.1) is 0 Å². The minimum absolute atomic E-state index is 0.137. The summed E-state index contributed by atoms with van der Waals surface area (Å²) in [4.78, 5) is 0. The highest BCUT2D eigenvalue weighted by atomic mass is 32.2. The monoisotopic (exact) mass is 223 g/mol. The highest BCUT2D eigenvalue weighted by molar-refractivity contribution is 7.78. The summed E-state index contributed by atoms with van der Waals surface area (Å²) in [7, 11) is 0. The van der Waals surface area contributed by atoms with Crippen molar-refractivity contribution in [2.45, 2.75) is 19.4 Å². The third-order valence-corrected chi connectivity index (χ3v) is 3.39. The molecule has 0 aliphatic carbocycles. The Labute approximate surface area is 96.2 Å². The number of hydrogen-bond acceptors (Lipinski definition) is 1. The molecule has 0 aliphatic rings. The van der Waals surface area contributed by atoms with Gasteiger partial charge < -0.3 is 5.11 Å². The molecule has 0 aliphatic heterocycles. The Balaban J connectivity index is 2.22. The van der Waals surface area contributed by atoms with Gasteiger partial charge in [-0.05, 0) is 41.8 Å². The molecule has 0 unspecified atom stereocenters. The topological polar surface area (TPSA) is 20.2 Å². The molecule has 2 heteroatoms. The molecular weight excluding hydrogens is 204 g/mol. The van der Waals surface area contributed by atoms with E-state index in [1.165, 1.54) is 29.5 Å². The van der Waals surface area contributed by atoms with Gasteiger partial charge in [0.1, 0.15) is 11.5 Å². The van der Waals surface area contributed by atoms with E-state index in [1.54, 1.807) is 0 Å². The minimum Gasteiger partial charge on any atom is -0.392 e. The largest absolute Gasteiger partial charge is 0.392 e. The van der Waals surface area contributed by atoms with E-state index in [4.69, 9.17) is 5.11 Å². The van der Waals surface area contributed by atoms with E-state index in [9.17, 15) is 0 Å². The standard InChI is InChI=1S/C13H18OS/c1-2-9-15-10-3-4-12-5-7-13(11-14)8-6-12/h2,5-8,14H,1,3-4,9-11H2/p+1. The van der Waals surface area contributed by atoms with Crippen LogP contribution < -0.4 is 0 Å². The van der Waals surface area contributed by atoms with Crippen molar-refractivity contribution in [1.29, 1.82) is 0 Å². The molecular formula is C13H19OS+. The van der Waals surface area contributed by atoms with Crippen LogP contribution in [0.4, 0.5) is 0 Å². The quantitative estimate of drug-likeness (QED) is 0.325. The summed E-state index contributed by atoms with van der Waals surface area (Å²) in [5, 5.41) is 8.89. The van der Waals surface area contributed by atoms with Crippen LogP contribution in [0.1, 0.15) is 17.5 Å². The Morgan fingerprint density at radius 2 is 1.87 bits per heavy atom. The van der Waals surface area contributed by atoms with Crippen molar-refractivity contribution < 1.29 is 5.11 Å². The van der Waals surface area contributed by atoms with Gasteiger partial charge in [-0.3, -0.25) is 0 Å². The first kappa shape index (κ1) is 12.3. The third-order valence-electron chi connectivity index (χ3n) is 2.25. The first-order valence-electron chi connectivity index (χ1n) is 5.29. The van der Waals surface area contributed by atoms with Crippen molar-refractivity contribution in [2.75, 3.05) is 11.5 Å². The van der Waals surface area contributed by atoms with E-state index in [0.29, 0.717) is 0 Å². The molecule has 15 heavy (non-hydrogen) atoms. The fourth-order valence-corrected chi connectivity index (χ4v) is 2.14. The fourth-order valence-electron chi connectivity index (χ4n) is 1.39. The zero-order chi connectivity index (χ0) is 10.9. The lowest BCUT2D eigenvalue weighted by Crippen LogP contribution is -1.95. The van der Waals surface area contributed by atoms with E-state index in [-0.39, 0.29) is 6.61 Å². The van der Waals surface area contributed by atoms with Crippen LogP contribution in [0.3, 0.4) is 0 Å². The van der Waals surface area contributed by atoms with Crippen molar-refractivity contribution in [2.24, 2.45) is 0 Å². The predicted molar refractivity (Wildman–Crippen MR) is 69.4 cm³/mol. The molecule has 0 fully saturated rings. The molecule has 1 nitrogen and oxygen atoms in total. The summed E-state index contributed by atoms with van der Waals surface area (Å²) in [5.74, 6) is 2.34. The fraction of sp³-hybridized carbons (Fsp3) is 0.385. The second-order valence-corrected chi connectivity index (χ2v) is 4.76. The molecule has 0 heterocycles. The first-order valence-corrected chi connectivity index (χ1v) is 6.56. The average molecular weight is 223 g/mol. The molecule has 1 rings (SSSR count). The van der Waals surface area contributed by atoms with Gasteiger partial charge in [0.15, 0.2) is 0 Å². The van der Waals surface area contributed by atoms with E-state index in [1.807, 2.05) is 18.2 Å². The average Bonchev–Trinajstić information content (AvgIpc) is 2.30. The second-order valence-electron chi connectivity index (χ2n) is 3.50. The number of thiol groups is 1. The number of aliphatic hydroxyl groups excluding tert-OH is 1.